The van der Waals surface area contributed by atoms with Crippen molar-refractivity contribution in [3.05, 3.63) is 0 Å². The van der Waals surface area contributed by atoms with Gasteiger partial charge < -0.3 is 4.74 Å². The van der Waals surface area contributed by atoms with Crippen molar-refractivity contribution in [2.24, 2.45) is 0 Å². The molecule has 96 valence electrons. The molecule has 1 fully saturated rings. The van der Waals surface area contributed by atoms with E-state index in [-0.39, 0.29) is 12.6 Å². The van der Waals surface area contributed by atoms with Crippen LogP contribution in [-0.4, -0.2) is 42.9 Å². The van der Waals surface area contributed by atoms with Crippen molar-refractivity contribution in [2.75, 3.05) is 20.3 Å². The molecule has 0 amide bonds. The molecule has 0 aromatic rings. The zero-order chi connectivity index (χ0) is 12.4. The first-order chi connectivity index (χ1) is 7.31. The topological polar surface area (TPSA) is 12.5 Å². The minimum atomic E-state index is -4.13. The van der Waals surface area contributed by atoms with Gasteiger partial charge >= 0.3 is 6.18 Å². The molecule has 0 radical (unpaired) electrons. The number of halogens is 3. The fourth-order valence-corrected chi connectivity index (χ4v) is 2.80. The lowest BCUT2D eigenvalue weighted by atomic mass is 9.91. The molecular formula is C11H20F3NO. The first-order valence-electron chi connectivity index (χ1n) is 5.63. The molecule has 1 saturated heterocycles. The van der Waals surface area contributed by atoms with Crippen LogP contribution in [0.2, 0.25) is 0 Å². The molecule has 16 heavy (non-hydrogen) atoms. The van der Waals surface area contributed by atoms with Crippen LogP contribution in [0.3, 0.4) is 0 Å². The molecule has 0 aliphatic carbocycles. The Labute approximate surface area is 94.8 Å². The summed E-state index contributed by atoms with van der Waals surface area (Å²) >= 11 is 0. The molecule has 0 aromatic carbocycles. The van der Waals surface area contributed by atoms with Crippen LogP contribution in [0.4, 0.5) is 13.2 Å². The van der Waals surface area contributed by atoms with Crippen molar-refractivity contribution in [3.63, 3.8) is 0 Å². The van der Waals surface area contributed by atoms with Crippen LogP contribution in [0.15, 0.2) is 0 Å². The third-order valence-corrected chi connectivity index (χ3v) is 3.22. The average molecular weight is 239 g/mol. The van der Waals surface area contributed by atoms with E-state index in [1.807, 2.05) is 18.7 Å². The van der Waals surface area contributed by atoms with Crippen LogP contribution in [0.5, 0.6) is 0 Å². The van der Waals surface area contributed by atoms with Gasteiger partial charge in [0.1, 0.15) is 0 Å². The number of likely N-dealkylation sites (tertiary alicyclic amines) is 1. The van der Waals surface area contributed by atoms with E-state index in [2.05, 4.69) is 0 Å². The smallest absolute Gasteiger partial charge is 0.383 e. The normalized spacial score (nSPS) is 27.9. The summed E-state index contributed by atoms with van der Waals surface area (Å²) in [4.78, 5) is 1.93. The van der Waals surface area contributed by atoms with Gasteiger partial charge in [-0.2, -0.15) is 13.2 Å². The Morgan fingerprint density at radius 1 is 1.38 bits per heavy atom. The Balaban J connectivity index is 2.86. The predicted octanol–water partition coefficient (Wildman–Crippen LogP) is 2.83. The highest BCUT2D eigenvalue weighted by Gasteiger charge is 2.49. The monoisotopic (exact) mass is 239 g/mol. The van der Waals surface area contributed by atoms with Crippen LogP contribution in [0, 0.1) is 0 Å². The summed E-state index contributed by atoms with van der Waals surface area (Å²) in [5, 5.41) is 0. The molecule has 0 saturated carbocycles. The van der Waals surface area contributed by atoms with Gasteiger partial charge in [-0.1, -0.05) is 0 Å². The van der Waals surface area contributed by atoms with Crippen molar-refractivity contribution in [2.45, 2.75) is 50.9 Å². The fourth-order valence-electron chi connectivity index (χ4n) is 2.80. The Bertz CT molecular complexity index is 230. The van der Waals surface area contributed by atoms with E-state index in [4.69, 9.17) is 4.74 Å². The zero-order valence-electron chi connectivity index (χ0n) is 10.1. The van der Waals surface area contributed by atoms with E-state index < -0.39 is 18.1 Å². The summed E-state index contributed by atoms with van der Waals surface area (Å²) in [6.45, 7) is 4.76. The molecule has 0 aromatic heterocycles. The summed E-state index contributed by atoms with van der Waals surface area (Å²) in [5.74, 6) is 0. The first kappa shape index (κ1) is 13.8. The quantitative estimate of drug-likeness (QED) is 0.748. The molecule has 1 rings (SSSR count). The number of methoxy groups -OCH3 is 1. The Hall–Kier alpha value is -0.290. The zero-order valence-corrected chi connectivity index (χ0v) is 10.1. The molecule has 1 aliphatic rings. The molecule has 1 aliphatic heterocycles. The molecule has 1 heterocycles. The van der Waals surface area contributed by atoms with Gasteiger partial charge in [0.2, 0.25) is 0 Å². The number of hydrogen-bond acceptors (Lipinski definition) is 2. The van der Waals surface area contributed by atoms with Gasteiger partial charge in [-0.05, 0) is 33.2 Å². The standard InChI is InChI=1S/C11H20F3NO/c1-9(2)15-6-4-5-10(15,8-16-3)7-11(12,13)14/h9H,4-8H2,1-3H3. The third-order valence-electron chi connectivity index (χ3n) is 3.22. The van der Waals surface area contributed by atoms with Crippen molar-refractivity contribution in [1.82, 2.24) is 4.90 Å². The third kappa shape index (κ3) is 3.10. The molecule has 1 atom stereocenters. The molecule has 0 bridgehead atoms. The number of nitrogens with zero attached hydrogens (tertiary/aromatic N) is 1. The van der Waals surface area contributed by atoms with E-state index >= 15 is 0 Å². The molecule has 0 spiro atoms. The summed E-state index contributed by atoms with van der Waals surface area (Å²) < 4.78 is 42.9. The van der Waals surface area contributed by atoms with Crippen molar-refractivity contribution in [3.8, 4) is 0 Å². The molecule has 0 N–H and O–H groups in total. The van der Waals surface area contributed by atoms with Crippen LogP contribution < -0.4 is 0 Å². The molecule has 5 heteroatoms. The number of alkyl halides is 3. The number of hydrogen-bond donors (Lipinski definition) is 0. The first-order valence-corrected chi connectivity index (χ1v) is 5.63. The highest BCUT2D eigenvalue weighted by atomic mass is 19.4. The van der Waals surface area contributed by atoms with Gasteiger partial charge in [-0.25, -0.2) is 0 Å². The molecule has 1 unspecified atom stereocenters. The van der Waals surface area contributed by atoms with Gasteiger partial charge in [0, 0.05) is 13.2 Å². The van der Waals surface area contributed by atoms with E-state index in [1.54, 1.807) is 0 Å². The Kier molecular flexibility index (Phi) is 4.23. The fraction of sp³-hybridized carbons (Fsp3) is 1.00. The second kappa shape index (κ2) is 4.92. The lowest BCUT2D eigenvalue weighted by molar-refractivity contribution is -0.169. The Morgan fingerprint density at radius 2 is 2.00 bits per heavy atom. The average Bonchev–Trinajstić information content (AvgIpc) is 2.45. The SMILES string of the molecule is COCC1(CC(F)(F)F)CCCN1C(C)C. The maximum Gasteiger partial charge on any atom is 0.390 e. The van der Waals surface area contributed by atoms with E-state index in [0.717, 1.165) is 13.0 Å². The largest absolute Gasteiger partial charge is 0.390 e. The highest BCUT2D eigenvalue weighted by Crippen LogP contribution is 2.40. The van der Waals surface area contributed by atoms with Crippen LogP contribution >= 0.6 is 0 Å². The highest BCUT2D eigenvalue weighted by molar-refractivity contribution is 4.98. The summed E-state index contributed by atoms with van der Waals surface area (Å²) in [5.41, 5.74) is -0.846. The van der Waals surface area contributed by atoms with E-state index in [9.17, 15) is 13.2 Å². The maximum absolute atomic E-state index is 12.6. The summed E-state index contributed by atoms with van der Waals surface area (Å²) in [7, 11) is 1.47. The number of rotatable bonds is 4. The minimum absolute atomic E-state index is 0.125. The predicted molar refractivity (Wildman–Crippen MR) is 56.4 cm³/mol. The second-order valence-electron chi connectivity index (χ2n) is 4.84. The van der Waals surface area contributed by atoms with Gasteiger partial charge in [0.05, 0.1) is 18.6 Å². The van der Waals surface area contributed by atoms with Crippen molar-refractivity contribution < 1.29 is 17.9 Å². The van der Waals surface area contributed by atoms with Crippen molar-refractivity contribution >= 4 is 0 Å². The van der Waals surface area contributed by atoms with Gasteiger partial charge in [0.25, 0.3) is 0 Å². The van der Waals surface area contributed by atoms with Crippen molar-refractivity contribution in [1.29, 1.82) is 0 Å². The van der Waals surface area contributed by atoms with E-state index in [1.165, 1.54) is 7.11 Å². The van der Waals surface area contributed by atoms with Crippen LogP contribution in [0.25, 0.3) is 0 Å². The summed E-state index contributed by atoms with van der Waals surface area (Å²) in [6.07, 6.45) is -3.52. The molecule has 2 nitrogen and oxygen atoms in total. The summed E-state index contributed by atoms with van der Waals surface area (Å²) in [6, 6.07) is 0.125. The second-order valence-corrected chi connectivity index (χ2v) is 4.84. The van der Waals surface area contributed by atoms with Crippen LogP contribution in [-0.2, 0) is 4.74 Å². The lowest BCUT2D eigenvalue weighted by Gasteiger charge is -2.41. The van der Waals surface area contributed by atoms with Crippen LogP contribution in [0.1, 0.15) is 33.1 Å². The van der Waals surface area contributed by atoms with E-state index in [0.29, 0.717) is 6.42 Å². The Morgan fingerprint density at radius 3 is 2.44 bits per heavy atom. The minimum Gasteiger partial charge on any atom is -0.383 e. The molecular weight excluding hydrogens is 219 g/mol. The van der Waals surface area contributed by atoms with Gasteiger partial charge in [-0.15, -0.1) is 0 Å². The number of ether oxygens (including phenoxy) is 1. The lowest BCUT2D eigenvalue weighted by Crippen LogP contribution is -2.53. The van der Waals surface area contributed by atoms with Gasteiger partial charge in [-0.3, -0.25) is 4.90 Å². The maximum atomic E-state index is 12.6. The van der Waals surface area contributed by atoms with Gasteiger partial charge in [0.15, 0.2) is 0 Å².